The summed E-state index contributed by atoms with van der Waals surface area (Å²) in [6, 6.07) is 15.4. The number of pyridine rings is 1. The Labute approximate surface area is 152 Å². The highest BCUT2D eigenvalue weighted by atomic mass is 32.1. The van der Waals surface area contributed by atoms with E-state index in [1.165, 1.54) is 0 Å². The molecule has 0 aliphatic carbocycles. The highest BCUT2D eigenvalue weighted by Gasteiger charge is 2.13. The second kappa shape index (κ2) is 8.30. The van der Waals surface area contributed by atoms with Gasteiger partial charge in [0.1, 0.15) is 11.5 Å². The van der Waals surface area contributed by atoms with Gasteiger partial charge in [0.2, 0.25) is 0 Å². The Bertz CT molecular complexity index is 807. The highest BCUT2D eigenvalue weighted by Crippen LogP contribution is 2.18. The summed E-state index contributed by atoms with van der Waals surface area (Å²) in [4.78, 5) is 6.20. The predicted octanol–water partition coefficient (Wildman–Crippen LogP) is 4.08. The summed E-state index contributed by atoms with van der Waals surface area (Å²) >= 11 is 5.62. The van der Waals surface area contributed by atoms with Gasteiger partial charge in [0.15, 0.2) is 5.11 Å². The van der Waals surface area contributed by atoms with Gasteiger partial charge in [-0.2, -0.15) is 0 Å². The van der Waals surface area contributed by atoms with Gasteiger partial charge in [-0.1, -0.05) is 12.1 Å². The quantitative estimate of drug-likeness (QED) is 0.674. The minimum Gasteiger partial charge on any atom is -0.497 e. The lowest BCUT2D eigenvalue weighted by Gasteiger charge is -2.25. The second-order valence-electron chi connectivity index (χ2n) is 5.46. The molecular formula is C19H19N3O2S. The SMILES string of the molecule is COc1cccc(NC(=S)N(Cc2cccnc2)Cc2ccco2)c1. The molecule has 0 amide bonds. The maximum atomic E-state index is 5.62. The molecule has 0 atom stereocenters. The zero-order valence-corrected chi connectivity index (χ0v) is 14.7. The molecule has 0 fully saturated rings. The maximum absolute atomic E-state index is 5.62. The Balaban J connectivity index is 1.76. The van der Waals surface area contributed by atoms with Gasteiger partial charge in [0.25, 0.3) is 0 Å². The van der Waals surface area contributed by atoms with E-state index < -0.39 is 0 Å². The smallest absolute Gasteiger partial charge is 0.174 e. The van der Waals surface area contributed by atoms with Gasteiger partial charge in [-0.3, -0.25) is 4.98 Å². The Morgan fingerprint density at radius 3 is 2.84 bits per heavy atom. The van der Waals surface area contributed by atoms with Crippen molar-refractivity contribution < 1.29 is 9.15 Å². The van der Waals surface area contributed by atoms with Crippen molar-refractivity contribution in [3.8, 4) is 5.75 Å². The average molecular weight is 353 g/mol. The molecular weight excluding hydrogens is 334 g/mol. The van der Waals surface area contributed by atoms with Crippen molar-refractivity contribution in [2.75, 3.05) is 12.4 Å². The summed E-state index contributed by atoms with van der Waals surface area (Å²) in [6.07, 6.45) is 5.26. The Hall–Kier alpha value is -2.86. The number of furan rings is 1. The molecule has 6 heteroatoms. The van der Waals surface area contributed by atoms with Crippen molar-refractivity contribution in [3.63, 3.8) is 0 Å². The number of nitrogens with zero attached hydrogens (tertiary/aromatic N) is 2. The number of benzene rings is 1. The predicted molar refractivity (Wildman–Crippen MR) is 101 cm³/mol. The summed E-state index contributed by atoms with van der Waals surface area (Å²) in [5.74, 6) is 1.62. The molecule has 0 unspecified atom stereocenters. The molecule has 0 spiro atoms. The van der Waals surface area contributed by atoms with Crippen LogP contribution < -0.4 is 10.1 Å². The number of ether oxygens (including phenoxy) is 1. The van der Waals surface area contributed by atoms with Crippen LogP contribution in [0.5, 0.6) is 5.75 Å². The van der Waals surface area contributed by atoms with E-state index in [0.29, 0.717) is 18.2 Å². The van der Waals surface area contributed by atoms with Crippen LogP contribution in [0.15, 0.2) is 71.6 Å². The molecule has 2 aromatic heterocycles. The molecule has 2 heterocycles. The summed E-state index contributed by atoms with van der Waals surface area (Å²) in [7, 11) is 1.64. The van der Waals surface area contributed by atoms with Crippen LogP contribution in [0, 0.1) is 0 Å². The lowest BCUT2D eigenvalue weighted by Crippen LogP contribution is -2.33. The summed E-state index contributed by atoms with van der Waals surface area (Å²) < 4.78 is 10.7. The number of aromatic nitrogens is 1. The molecule has 128 valence electrons. The lowest BCUT2D eigenvalue weighted by atomic mass is 10.2. The first-order valence-electron chi connectivity index (χ1n) is 7.86. The van der Waals surface area contributed by atoms with Gasteiger partial charge >= 0.3 is 0 Å². The fourth-order valence-electron chi connectivity index (χ4n) is 2.41. The lowest BCUT2D eigenvalue weighted by molar-refractivity contribution is 0.360. The number of nitrogens with one attached hydrogen (secondary N) is 1. The van der Waals surface area contributed by atoms with Gasteiger partial charge in [0, 0.05) is 30.7 Å². The van der Waals surface area contributed by atoms with Crippen molar-refractivity contribution in [2.45, 2.75) is 13.1 Å². The normalized spacial score (nSPS) is 10.3. The molecule has 1 aromatic carbocycles. The Morgan fingerprint density at radius 2 is 2.12 bits per heavy atom. The van der Waals surface area contributed by atoms with Crippen LogP contribution >= 0.6 is 12.2 Å². The van der Waals surface area contributed by atoms with E-state index in [9.17, 15) is 0 Å². The van der Waals surface area contributed by atoms with Crippen molar-refractivity contribution in [1.82, 2.24) is 9.88 Å². The third-order valence-corrected chi connectivity index (χ3v) is 3.99. The third-order valence-electron chi connectivity index (χ3n) is 3.63. The first kappa shape index (κ1) is 17.0. The number of methoxy groups -OCH3 is 1. The Kier molecular flexibility index (Phi) is 5.64. The molecule has 0 bridgehead atoms. The van der Waals surface area contributed by atoms with Crippen LogP contribution in [0.3, 0.4) is 0 Å². The molecule has 0 saturated carbocycles. The second-order valence-corrected chi connectivity index (χ2v) is 5.85. The van der Waals surface area contributed by atoms with E-state index in [1.54, 1.807) is 19.6 Å². The van der Waals surface area contributed by atoms with E-state index in [1.807, 2.05) is 59.6 Å². The highest BCUT2D eigenvalue weighted by molar-refractivity contribution is 7.80. The van der Waals surface area contributed by atoms with Crippen LogP contribution in [0.25, 0.3) is 0 Å². The molecule has 0 radical (unpaired) electrons. The zero-order chi connectivity index (χ0) is 17.5. The first-order chi connectivity index (χ1) is 12.2. The summed E-state index contributed by atoms with van der Waals surface area (Å²) in [5.41, 5.74) is 1.95. The van der Waals surface area contributed by atoms with E-state index >= 15 is 0 Å². The van der Waals surface area contributed by atoms with Crippen molar-refractivity contribution in [3.05, 3.63) is 78.5 Å². The van der Waals surface area contributed by atoms with Gasteiger partial charge in [0.05, 0.1) is 19.9 Å². The summed E-state index contributed by atoms with van der Waals surface area (Å²) in [6.45, 7) is 1.20. The van der Waals surface area contributed by atoms with Crippen LogP contribution in [-0.2, 0) is 13.1 Å². The van der Waals surface area contributed by atoms with Crippen LogP contribution in [0.4, 0.5) is 5.69 Å². The fraction of sp³-hybridized carbons (Fsp3) is 0.158. The van der Waals surface area contributed by atoms with Crippen molar-refractivity contribution >= 4 is 23.0 Å². The molecule has 1 N–H and O–H groups in total. The molecule has 3 aromatic rings. The van der Waals surface area contributed by atoms with Crippen LogP contribution in [-0.4, -0.2) is 22.1 Å². The van der Waals surface area contributed by atoms with Crippen molar-refractivity contribution in [2.24, 2.45) is 0 Å². The van der Waals surface area contributed by atoms with Gasteiger partial charge < -0.3 is 19.4 Å². The summed E-state index contributed by atoms with van der Waals surface area (Å²) in [5, 5.41) is 3.87. The Morgan fingerprint density at radius 1 is 1.20 bits per heavy atom. The monoisotopic (exact) mass is 353 g/mol. The topological polar surface area (TPSA) is 50.5 Å². The van der Waals surface area contributed by atoms with E-state index in [0.717, 1.165) is 22.8 Å². The molecule has 0 aliphatic heterocycles. The standard InChI is InChI=1S/C19H19N3O2S/c1-23-17-7-2-6-16(11-17)21-19(25)22(14-18-8-4-10-24-18)13-15-5-3-9-20-12-15/h2-12H,13-14H2,1H3,(H,21,25). The fourth-order valence-corrected chi connectivity index (χ4v) is 2.65. The molecule has 3 rings (SSSR count). The molecule has 0 saturated heterocycles. The molecule has 0 aliphatic rings. The van der Waals surface area contributed by atoms with Gasteiger partial charge in [-0.05, 0) is 48.1 Å². The number of hydrogen-bond acceptors (Lipinski definition) is 4. The minimum absolute atomic E-state index is 0.567. The number of anilines is 1. The van der Waals surface area contributed by atoms with E-state index in [4.69, 9.17) is 21.4 Å². The van der Waals surface area contributed by atoms with E-state index in [-0.39, 0.29) is 0 Å². The van der Waals surface area contributed by atoms with Crippen LogP contribution in [0.1, 0.15) is 11.3 Å². The first-order valence-corrected chi connectivity index (χ1v) is 8.26. The minimum atomic E-state index is 0.567. The molecule has 5 nitrogen and oxygen atoms in total. The average Bonchev–Trinajstić information content (AvgIpc) is 3.15. The zero-order valence-electron chi connectivity index (χ0n) is 13.9. The van der Waals surface area contributed by atoms with Crippen molar-refractivity contribution in [1.29, 1.82) is 0 Å². The van der Waals surface area contributed by atoms with Crippen LogP contribution in [0.2, 0.25) is 0 Å². The van der Waals surface area contributed by atoms with Gasteiger partial charge in [-0.25, -0.2) is 0 Å². The number of hydrogen-bond donors (Lipinski definition) is 1. The number of rotatable bonds is 6. The van der Waals surface area contributed by atoms with Gasteiger partial charge in [-0.15, -0.1) is 0 Å². The largest absolute Gasteiger partial charge is 0.497 e. The third kappa shape index (κ3) is 4.81. The number of thiocarbonyl (C=S) groups is 1. The molecule has 25 heavy (non-hydrogen) atoms. The van der Waals surface area contributed by atoms with E-state index in [2.05, 4.69) is 10.3 Å². The maximum Gasteiger partial charge on any atom is 0.174 e.